The van der Waals surface area contributed by atoms with Crippen LogP contribution >= 0.6 is 7.82 Å². The summed E-state index contributed by atoms with van der Waals surface area (Å²) in [5, 5.41) is 13.9. The molecule has 0 fully saturated rings. The van der Waals surface area contributed by atoms with Crippen LogP contribution in [0.2, 0.25) is 0 Å². The van der Waals surface area contributed by atoms with Crippen molar-refractivity contribution < 1.29 is 32.9 Å². The fourth-order valence-electron chi connectivity index (χ4n) is 10.3. The van der Waals surface area contributed by atoms with Gasteiger partial charge in [-0.2, -0.15) is 0 Å². The van der Waals surface area contributed by atoms with E-state index in [1.54, 1.807) is 6.08 Å². The van der Waals surface area contributed by atoms with Gasteiger partial charge in [-0.25, -0.2) is 0 Å². The van der Waals surface area contributed by atoms with Gasteiger partial charge in [-0.3, -0.25) is 9.36 Å². The lowest BCUT2D eigenvalue weighted by Gasteiger charge is -2.29. The van der Waals surface area contributed by atoms with Crippen molar-refractivity contribution in [2.24, 2.45) is 0 Å². The average molecular weight is 1110 g/mol. The van der Waals surface area contributed by atoms with Crippen molar-refractivity contribution in [1.82, 2.24) is 5.32 Å². The third kappa shape index (κ3) is 62.2. The van der Waals surface area contributed by atoms with E-state index < -0.39 is 20.0 Å². The topological polar surface area (TPSA) is 108 Å². The van der Waals surface area contributed by atoms with Gasteiger partial charge in [0.25, 0.3) is 7.82 Å². The minimum Gasteiger partial charge on any atom is -0.756 e. The first-order chi connectivity index (χ1) is 37.5. The highest BCUT2D eigenvalue weighted by Crippen LogP contribution is 2.38. The van der Waals surface area contributed by atoms with Crippen LogP contribution in [0.4, 0.5) is 0 Å². The second-order valence-electron chi connectivity index (χ2n) is 24.5. The third-order valence-electron chi connectivity index (χ3n) is 15.6. The molecule has 3 unspecified atom stereocenters. The zero-order valence-electron chi connectivity index (χ0n) is 52.2. The van der Waals surface area contributed by atoms with Gasteiger partial charge in [-0.15, -0.1) is 0 Å². The molecule has 456 valence electrons. The van der Waals surface area contributed by atoms with E-state index >= 15 is 0 Å². The Balaban J connectivity index is 3.94. The van der Waals surface area contributed by atoms with Gasteiger partial charge >= 0.3 is 0 Å². The summed E-state index contributed by atoms with van der Waals surface area (Å²) in [4.78, 5) is 25.6. The molecule has 0 heterocycles. The van der Waals surface area contributed by atoms with E-state index in [-0.39, 0.29) is 19.1 Å². The highest BCUT2D eigenvalue weighted by molar-refractivity contribution is 7.45. The molecule has 9 heteroatoms. The molecule has 0 radical (unpaired) electrons. The number of quaternary nitrogens is 1. The van der Waals surface area contributed by atoms with Gasteiger partial charge in [0.1, 0.15) is 13.2 Å². The number of hydrogen-bond donors (Lipinski definition) is 2. The summed E-state index contributed by atoms with van der Waals surface area (Å²) in [6.45, 7) is 4.69. The molecule has 77 heavy (non-hydrogen) atoms. The molecule has 0 aromatic rings. The van der Waals surface area contributed by atoms with Gasteiger partial charge < -0.3 is 28.8 Å². The number of allylic oxidation sites excluding steroid dienone is 5. The zero-order chi connectivity index (χ0) is 56.3. The number of hydrogen-bond acceptors (Lipinski definition) is 6. The summed E-state index contributed by atoms with van der Waals surface area (Å²) in [5.74, 6) is -0.190. The molecule has 0 aliphatic heterocycles. The van der Waals surface area contributed by atoms with Gasteiger partial charge in [-0.05, 0) is 51.4 Å². The number of carbonyl (C=O) groups excluding carboxylic acids is 1. The molecule has 0 aromatic carbocycles. The number of aliphatic hydroxyl groups excluding tert-OH is 1. The first-order valence-corrected chi connectivity index (χ1v) is 35.3. The zero-order valence-corrected chi connectivity index (χ0v) is 53.1. The third-order valence-corrected chi connectivity index (χ3v) is 16.6. The highest BCUT2D eigenvalue weighted by Gasteiger charge is 2.23. The number of nitrogens with zero attached hydrogens (tertiary/aromatic N) is 1. The minimum absolute atomic E-state index is 0.00143. The number of aliphatic hydroxyl groups is 1. The van der Waals surface area contributed by atoms with Crippen molar-refractivity contribution in [1.29, 1.82) is 0 Å². The maximum absolute atomic E-state index is 13.0. The van der Waals surface area contributed by atoms with Crippen LogP contribution in [-0.2, 0) is 18.4 Å². The van der Waals surface area contributed by atoms with E-state index in [0.29, 0.717) is 17.4 Å². The Bertz CT molecular complexity index is 1350. The molecule has 8 nitrogen and oxygen atoms in total. The number of unbranched alkanes of at least 4 members (excludes halogenated alkanes) is 46. The summed E-state index contributed by atoms with van der Waals surface area (Å²) in [7, 11) is 1.28. The minimum atomic E-state index is -4.60. The second kappa shape index (κ2) is 59.3. The number of rotatable bonds is 63. The molecule has 2 N–H and O–H groups in total. The van der Waals surface area contributed by atoms with Crippen LogP contribution in [0.15, 0.2) is 36.5 Å². The van der Waals surface area contributed by atoms with Crippen molar-refractivity contribution in [2.45, 2.75) is 353 Å². The van der Waals surface area contributed by atoms with E-state index in [1.807, 2.05) is 27.2 Å². The molecule has 0 bridgehead atoms. The Morgan fingerprint density at radius 3 is 1.08 bits per heavy atom. The standard InChI is InChI=1S/C68H133N2O6P/c1-6-8-10-12-14-16-18-20-22-24-26-27-28-29-30-31-32-33-34-35-36-37-38-39-40-41-42-43-44-46-48-50-52-54-56-58-60-62-68(72)69-66(65-76-77(73,74)75-64-63-70(3,4)5)67(71)61-59-57-55-53-51-49-47-45-25-23-21-19-17-15-13-11-9-7-2/h18,20,24,26,59,61,66-67,71H,6-17,19,21-23,25,27-58,60,62-65H2,1-5H3,(H-,69,72,73,74)/b20-18-,26-24-,61-59+. The quantitative estimate of drug-likeness (QED) is 0.0272. The fourth-order valence-corrected chi connectivity index (χ4v) is 11.0. The van der Waals surface area contributed by atoms with Crippen LogP contribution < -0.4 is 10.2 Å². The van der Waals surface area contributed by atoms with Gasteiger partial charge in [0.05, 0.1) is 39.9 Å². The Hall–Kier alpha value is -1.28. The number of amides is 1. The van der Waals surface area contributed by atoms with Crippen LogP contribution in [0, 0.1) is 0 Å². The Labute approximate surface area is 480 Å². The van der Waals surface area contributed by atoms with Gasteiger partial charge in [0, 0.05) is 6.42 Å². The Morgan fingerprint density at radius 1 is 0.455 bits per heavy atom. The molecule has 3 atom stereocenters. The molecule has 0 aliphatic rings. The lowest BCUT2D eigenvalue weighted by molar-refractivity contribution is -0.870. The largest absolute Gasteiger partial charge is 0.756 e. The van der Waals surface area contributed by atoms with Gasteiger partial charge in [0.15, 0.2) is 0 Å². The molecular formula is C68H133N2O6P. The predicted molar refractivity (Wildman–Crippen MR) is 335 cm³/mol. The van der Waals surface area contributed by atoms with Crippen molar-refractivity contribution in [2.75, 3.05) is 40.9 Å². The molecule has 1 amide bonds. The Kier molecular flexibility index (Phi) is 58.4. The van der Waals surface area contributed by atoms with Crippen LogP contribution in [0.3, 0.4) is 0 Å². The van der Waals surface area contributed by atoms with E-state index in [0.717, 1.165) is 44.9 Å². The summed E-state index contributed by atoms with van der Waals surface area (Å²) in [6, 6.07) is -0.885. The van der Waals surface area contributed by atoms with Crippen molar-refractivity contribution >= 4 is 13.7 Å². The summed E-state index contributed by atoms with van der Waals surface area (Å²) in [6.07, 6.45) is 78.3. The monoisotopic (exact) mass is 1100 g/mol. The first-order valence-electron chi connectivity index (χ1n) is 33.9. The second-order valence-corrected chi connectivity index (χ2v) is 25.9. The normalized spacial score (nSPS) is 13.9. The first kappa shape index (κ1) is 75.7. The Morgan fingerprint density at radius 2 is 0.753 bits per heavy atom. The lowest BCUT2D eigenvalue weighted by Crippen LogP contribution is -2.45. The summed E-state index contributed by atoms with van der Waals surface area (Å²) >= 11 is 0. The highest BCUT2D eigenvalue weighted by atomic mass is 31.2. The maximum atomic E-state index is 13.0. The molecule has 0 aliphatic carbocycles. The fraction of sp³-hybridized carbons (Fsp3) is 0.897. The van der Waals surface area contributed by atoms with E-state index in [2.05, 4.69) is 43.5 Å². The van der Waals surface area contributed by atoms with E-state index in [9.17, 15) is 19.4 Å². The summed E-state index contributed by atoms with van der Waals surface area (Å²) < 4.78 is 23.4. The molecule has 0 rings (SSSR count). The van der Waals surface area contributed by atoms with E-state index in [4.69, 9.17) is 9.05 Å². The van der Waals surface area contributed by atoms with Crippen LogP contribution in [0.1, 0.15) is 341 Å². The molecule has 0 spiro atoms. The van der Waals surface area contributed by atoms with Gasteiger partial charge in [0.2, 0.25) is 5.91 Å². The average Bonchev–Trinajstić information content (AvgIpc) is 3.39. The number of likely N-dealkylation sites (N-methyl/N-ethyl adjacent to an activating group) is 1. The SMILES string of the molecule is CCCCCCC/C=C\C/C=C\CCCCCCCCCCCCCCCCCCCCCCCCCCCC(=O)NC(COP(=O)([O-])OCC[N+](C)(C)C)C(O)/C=C/CCCCCCCCCCCCCCCCCC. The number of nitrogens with one attached hydrogen (secondary N) is 1. The number of phosphoric acid groups is 1. The smallest absolute Gasteiger partial charge is 0.268 e. The number of phosphoric ester groups is 1. The van der Waals surface area contributed by atoms with Crippen LogP contribution in [0.5, 0.6) is 0 Å². The van der Waals surface area contributed by atoms with Crippen LogP contribution in [-0.4, -0.2) is 68.5 Å². The lowest BCUT2D eigenvalue weighted by atomic mass is 10.0. The van der Waals surface area contributed by atoms with Crippen molar-refractivity contribution in [3.05, 3.63) is 36.5 Å². The maximum Gasteiger partial charge on any atom is 0.268 e. The number of carbonyl (C=O) groups is 1. The van der Waals surface area contributed by atoms with E-state index in [1.165, 1.54) is 276 Å². The molecular weight excluding hydrogens is 972 g/mol. The summed E-state index contributed by atoms with van der Waals surface area (Å²) in [5.41, 5.74) is 0. The molecule has 0 saturated heterocycles. The van der Waals surface area contributed by atoms with Crippen molar-refractivity contribution in [3.63, 3.8) is 0 Å². The van der Waals surface area contributed by atoms with Crippen molar-refractivity contribution in [3.8, 4) is 0 Å². The van der Waals surface area contributed by atoms with Crippen LogP contribution in [0.25, 0.3) is 0 Å². The molecule has 0 saturated carbocycles. The predicted octanol–water partition coefficient (Wildman–Crippen LogP) is 20.6. The van der Waals surface area contributed by atoms with Gasteiger partial charge in [-0.1, -0.05) is 320 Å². The molecule has 0 aromatic heterocycles.